The first-order chi connectivity index (χ1) is 4.84. The van der Waals surface area contributed by atoms with Crippen LogP contribution in [0, 0.1) is 0 Å². The Balaban J connectivity index is 1.78. The van der Waals surface area contributed by atoms with Crippen LogP contribution in [0.3, 0.4) is 0 Å². The molecular weight excluding hydrogens is 126 g/mol. The van der Waals surface area contributed by atoms with E-state index in [1.54, 1.807) is 0 Å². The van der Waals surface area contributed by atoms with Gasteiger partial charge in [0.05, 0.1) is 6.10 Å². The van der Waals surface area contributed by atoms with Crippen molar-refractivity contribution < 1.29 is 4.74 Å². The van der Waals surface area contributed by atoms with Gasteiger partial charge in [0.15, 0.2) is 0 Å². The SMILES string of the molecule is CCCCCN[C@H]1O[C@@H]1C. The minimum absolute atomic E-state index is 0.372. The summed E-state index contributed by atoms with van der Waals surface area (Å²) < 4.78 is 5.19. The van der Waals surface area contributed by atoms with E-state index in [1.165, 1.54) is 19.3 Å². The zero-order valence-corrected chi connectivity index (χ0v) is 6.89. The zero-order valence-electron chi connectivity index (χ0n) is 6.89. The molecule has 60 valence electrons. The summed E-state index contributed by atoms with van der Waals surface area (Å²) in [7, 11) is 0. The second-order valence-corrected chi connectivity index (χ2v) is 2.92. The molecule has 0 saturated carbocycles. The summed E-state index contributed by atoms with van der Waals surface area (Å²) in [5.74, 6) is 0. The van der Waals surface area contributed by atoms with Crippen LogP contribution in [0.5, 0.6) is 0 Å². The molecule has 0 bridgehead atoms. The van der Waals surface area contributed by atoms with Crippen molar-refractivity contribution in [3.05, 3.63) is 0 Å². The highest BCUT2D eigenvalue weighted by Crippen LogP contribution is 2.17. The van der Waals surface area contributed by atoms with Crippen LogP contribution in [0.2, 0.25) is 0 Å². The van der Waals surface area contributed by atoms with E-state index in [4.69, 9.17) is 4.74 Å². The van der Waals surface area contributed by atoms with E-state index in [-0.39, 0.29) is 0 Å². The molecule has 1 saturated heterocycles. The Morgan fingerprint density at radius 1 is 1.40 bits per heavy atom. The van der Waals surface area contributed by atoms with Gasteiger partial charge in [0, 0.05) is 0 Å². The molecule has 10 heavy (non-hydrogen) atoms. The molecule has 1 aliphatic heterocycles. The molecule has 0 unspecified atom stereocenters. The Labute approximate surface area is 63.0 Å². The number of rotatable bonds is 5. The lowest BCUT2D eigenvalue weighted by atomic mass is 10.2. The molecule has 0 radical (unpaired) electrons. The number of hydrogen-bond acceptors (Lipinski definition) is 2. The van der Waals surface area contributed by atoms with Gasteiger partial charge >= 0.3 is 0 Å². The molecule has 0 aliphatic carbocycles. The van der Waals surface area contributed by atoms with Gasteiger partial charge < -0.3 is 4.74 Å². The summed E-state index contributed by atoms with van der Waals surface area (Å²) in [6.45, 7) is 5.43. The first-order valence-corrected chi connectivity index (χ1v) is 4.23. The van der Waals surface area contributed by atoms with Crippen molar-refractivity contribution in [2.45, 2.75) is 45.4 Å². The van der Waals surface area contributed by atoms with Crippen molar-refractivity contribution in [2.24, 2.45) is 0 Å². The topological polar surface area (TPSA) is 24.6 Å². The molecule has 1 aliphatic rings. The van der Waals surface area contributed by atoms with Gasteiger partial charge in [-0.05, 0) is 19.9 Å². The minimum atomic E-state index is 0.372. The van der Waals surface area contributed by atoms with Crippen molar-refractivity contribution in [1.29, 1.82) is 0 Å². The van der Waals surface area contributed by atoms with Crippen molar-refractivity contribution in [3.63, 3.8) is 0 Å². The van der Waals surface area contributed by atoms with E-state index in [0.29, 0.717) is 12.3 Å². The molecule has 1 fully saturated rings. The van der Waals surface area contributed by atoms with E-state index >= 15 is 0 Å². The number of unbranched alkanes of at least 4 members (excludes halogenated alkanes) is 2. The van der Waals surface area contributed by atoms with Gasteiger partial charge in [-0.1, -0.05) is 19.8 Å². The highest BCUT2D eigenvalue weighted by atomic mass is 16.6. The van der Waals surface area contributed by atoms with E-state index in [0.717, 1.165) is 6.54 Å². The normalized spacial score (nSPS) is 30.6. The van der Waals surface area contributed by atoms with Gasteiger partial charge in [-0.3, -0.25) is 5.32 Å². The third-order valence-corrected chi connectivity index (χ3v) is 1.84. The Bertz CT molecular complexity index is 95.3. The van der Waals surface area contributed by atoms with Gasteiger partial charge in [0.2, 0.25) is 0 Å². The van der Waals surface area contributed by atoms with Crippen LogP contribution in [0.4, 0.5) is 0 Å². The minimum Gasteiger partial charge on any atom is -0.354 e. The lowest BCUT2D eigenvalue weighted by Gasteiger charge is -1.97. The fraction of sp³-hybridized carbons (Fsp3) is 1.00. The van der Waals surface area contributed by atoms with Gasteiger partial charge in [0.25, 0.3) is 0 Å². The van der Waals surface area contributed by atoms with Crippen LogP contribution in [-0.2, 0) is 4.74 Å². The standard InChI is InChI=1S/C8H17NO/c1-3-4-5-6-9-8-7(2)10-8/h7-9H,3-6H2,1-2H3/t7-,8+/m1/s1. The molecule has 1 rings (SSSR count). The molecule has 1 N–H and O–H groups in total. The largest absolute Gasteiger partial charge is 0.354 e. The van der Waals surface area contributed by atoms with Crippen molar-refractivity contribution in [1.82, 2.24) is 5.32 Å². The molecule has 2 nitrogen and oxygen atoms in total. The smallest absolute Gasteiger partial charge is 0.134 e. The lowest BCUT2D eigenvalue weighted by Crippen LogP contribution is -2.20. The van der Waals surface area contributed by atoms with E-state index in [2.05, 4.69) is 19.2 Å². The van der Waals surface area contributed by atoms with E-state index in [9.17, 15) is 0 Å². The quantitative estimate of drug-likeness (QED) is 0.466. The predicted molar refractivity (Wildman–Crippen MR) is 41.9 cm³/mol. The van der Waals surface area contributed by atoms with Gasteiger partial charge in [-0.2, -0.15) is 0 Å². The number of ether oxygens (including phenoxy) is 1. The fourth-order valence-electron chi connectivity index (χ4n) is 1.02. The van der Waals surface area contributed by atoms with Gasteiger partial charge in [-0.25, -0.2) is 0 Å². The predicted octanol–water partition coefficient (Wildman–Crippen LogP) is 1.51. The second-order valence-electron chi connectivity index (χ2n) is 2.92. The zero-order chi connectivity index (χ0) is 7.40. The lowest BCUT2D eigenvalue weighted by molar-refractivity contribution is 0.349. The third kappa shape index (κ3) is 2.67. The molecule has 0 spiro atoms. The van der Waals surface area contributed by atoms with Crippen LogP contribution in [0.25, 0.3) is 0 Å². The molecule has 2 heteroatoms. The van der Waals surface area contributed by atoms with Crippen LogP contribution >= 0.6 is 0 Å². The Hall–Kier alpha value is -0.0800. The van der Waals surface area contributed by atoms with Crippen molar-refractivity contribution in [3.8, 4) is 0 Å². The first-order valence-electron chi connectivity index (χ1n) is 4.23. The summed E-state index contributed by atoms with van der Waals surface area (Å²) >= 11 is 0. The summed E-state index contributed by atoms with van der Waals surface area (Å²) in [6, 6.07) is 0. The first kappa shape index (κ1) is 8.02. The van der Waals surface area contributed by atoms with Crippen molar-refractivity contribution in [2.75, 3.05) is 6.54 Å². The number of epoxide rings is 1. The summed E-state index contributed by atoms with van der Waals surface area (Å²) in [4.78, 5) is 0. The number of nitrogens with one attached hydrogen (secondary N) is 1. The molecular formula is C8H17NO. The third-order valence-electron chi connectivity index (χ3n) is 1.84. The van der Waals surface area contributed by atoms with Gasteiger partial charge in [-0.15, -0.1) is 0 Å². The Morgan fingerprint density at radius 2 is 2.10 bits per heavy atom. The van der Waals surface area contributed by atoms with Crippen LogP contribution in [-0.4, -0.2) is 18.9 Å². The molecule has 0 aromatic heterocycles. The summed E-state index contributed by atoms with van der Waals surface area (Å²) in [6.07, 6.45) is 4.73. The highest BCUT2D eigenvalue weighted by molar-refractivity contribution is 4.77. The maximum Gasteiger partial charge on any atom is 0.134 e. The molecule has 0 aromatic rings. The van der Waals surface area contributed by atoms with Gasteiger partial charge in [0.1, 0.15) is 6.23 Å². The van der Waals surface area contributed by atoms with E-state index in [1.807, 2.05) is 0 Å². The van der Waals surface area contributed by atoms with Crippen molar-refractivity contribution >= 4 is 0 Å². The maximum absolute atomic E-state index is 5.19. The average Bonchev–Trinajstić information content (AvgIpc) is 2.60. The molecule has 0 aromatic carbocycles. The monoisotopic (exact) mass is 143 g/mol. The second kappa shape index (κ2) is 3.94. The molecule has 1 heterocycles. The average molecular weight is 143 g/mol. The van der Waals surface area contributed by atoms with E-state index < -0.39 is 0 Å². The Kier molecular flexibility index (Phi) is 3.16. The number of hydrogen-bond donors (Lipinski definition) is 1. The van der Waals surface area contributed by atoms with Crippen LogP contribution in [0.1, 0.15) is 33.1 Å². The highest BCUT2D eigenvalue weighted by Gasteiger charge is 2.32. The fourth-order valence-corrected chi connectivity index (χ4v) is 1.02. The molecule has 2 atom stereocenters. The maximum atomic E-state index is 5.19. The summed E-state index contributed by atoms with van der Waals surface area (Å²) in [5.41, 5.74) is 0. The summed E-state index contributed by atoms with van der Waals surface area (Å²) in [5, 5.41) is 3.32. The van der Waals surface area contributed by atoms with Crippen LogP contribution in [0.15, 0.2) is 0 Å². The molecule has 0 amide bonds. The van der Waals surface area contributed by atoms with Crippen LogP contribution < -0.4 is 5.32 Å². The Morgan fingerprint density at radius 3 is 2.60 bits per heavy atom.